The SMILES string of the molecule is Nc1nc(/C([C]=O)=N/OCC(=O)O)cs1. The third-order valence-corrected chi connectivity index (χ3v) is 1.88. The minimum Gasteiger partial charge on any atom is -0.479 e. The van der Waals surface area contributed by atoms with Gasteiger partial charge in [-0.05, 0) is 0 Å². The van der Waals surface area contributed by atoms with Crippen LogP contribution in [0.4, 0.5) is 5.13 Å². The molecular weight excluding hydrogens is 222 g/mol. The van der Waals surface area contributed by atoms with E-state index in [1.165, 1.54) is 11.7 Å². The molecule has 0 spiro atoms. The van der Waals surface area contributed by atoms with E-state index in [2.05, 4.69) is 15.0 Å². The summed E-state index contributed by atoms with van der Waals surface area (Å²) in [5.74, 6) is -1.19. The van der Waals surface area contributed by atoms with E-state index in [4.69, 9.17) is 10.8 Å². The minimum atomic E-state index is -1.19. The molecule has 0 saturated heterocycles. The summed E-state index contributed by atoms with van der Waals surface area (Å²) in [5, 5.41) is 13.3. The standard InChI is InChI=1S/C7H6N3O4S/c8-7-9-5(3-15-7)4(1-11)10-14-2-6(12)13/h3H,2H2,(H2,8,9)(H,12,13)/b10-4+. The van der Waals surface area contributed by atoms with E-state index in [1.807, 2.05) is 0 Å². The van der Waals surface area contributed by atoms with Crippen LogP contribution in [0.1, 0.15) is 5.69 Å². The highest BCUT2D eigenvalue weighted by atomic mass is 32.1. The molecule has 0 amide bonds. The summed E-state index contributed by atoms with van der Waals surface area (Å²) in [5.41, 5.74) is 5.32. The van der Waals surface area contributed by atoms with Gasteiger partial charge in [0, 0.05) is 5.38 Å². The predicted molar refractivity (Wildman–Crippen MR) is 52.3 cm³/mol. The molecule has 79 valence electrons. The summed E-state index contributed by atoms with van der Waals surface area (Å²) in [6, 6.07) is 0. The monoisotopic (exact) mass is 228 g/mol. The van der Waals surface area contributed by atoms with Crippen molar-refractivity contribution in [3.05, 3.63) is 11.1 Å². The second-order valence-electron chi connectivity index (χ2n) is 2.28. The molecule has 0 bridgehead atoms. The lowest BCUT2D eigenvalue weighted by atomic mass is 10.3. The zero-order valence-electron chi connectivity index (χ0n) is 7.34. The number of carboxylic acids is 1. The van der Waals surface area contributed by atoms with Crippen molar-refractivity contribution in [1.29, 1.82) is 0 Å². The first-order valence-corrected chi connectivity index (χ1v) is 4.52. The fourth-order valence-corrected chi connectivity index (χ4v) is 1.21. The van der Waals surface area contributed by atoms with E-state index in [9.17, 15) is 9.59 Å². The number of hydrogen-bond donors (Lipinski definition) is 2. The van der Waals surface area contributed by atoms with E-state index in [0.717, 1.165) is 11.3 Å². The lowest BCUT2D eigenvalue weighted by molar-refractivity contribution is -0.142. The minimum absolute atomic E-state index is 0.206. The third kappa shape index (κ3) is 3.35. The van der Waals surface area contributed by atoms with Crippen molar-refractivity contribution in [1.82, 2.24) is 4.98 Å². The van der Waals surface area contributed by atoms with Gasteiger partial charge in [0.2, 0.25) is 6.61 Å². The van der Waals surface area contributed by atoms with Gasteiger partial charge in [0.1, 0.15) is 5.69 Å². The van der Waals surface area contributed by atoms with Crippen LogP contribution in [-0.2, 0) is 14.4 Å². The molecule has 0 saturated carbocycles. The Balaban J connectivity index is 2.71. The number of nitrogens with zero attached hydrogens (tertiary/aromatic N) is 2. The summed E-state index contributed by atoms with van der Waals surface area (Å²) in [4.78, 5) is 28.6. The molecule has 0 atom stereocenters. The smallest absolute Gasteiger partial charge is 0.344 e. The number of thiazole rings is 1. The van der Waals surface area contributed by atoms with Crippen molar-refractivity contribution >= 4 is 34.4 Å². The average Bonchev–Trinajstić information content (AvgIpc) is 2.59. The molecule has 3 N–H and O–H groups in total. The molecule has 7 nitrogen and oxygen atoms in total. The van der Waals surface area contributed by atoms with E-state index >= 15 is 0 Å². The van der Waals surface area contributed by atoms with Gasteiger partial charge in [0.15, 0.2) is 10.8 Å². The van der Waals surface area contributed by atoms with Gasteiger partial charge in [-0.25, -0.2) is 9.78 Å². The van der Waals surface area contributed by atoms with Gasteiger partial charge >= 0.3 is 5.97 Å². The summed E-state index contributed by atoms with van der Waals surface area (Å²) in [7, 11) is 0. The highest BCUT2D eigenvalue weighted by molar-refractivity contribution is 7.13. The van der Waals surface area contributed by atoms with Crippen molar-refractivity contribution in [2.24, 2.45) is 5.16 Å². The van der Waals surface area contributed by atoms with Gasteiger partial charge < -0.3 is 15.7 Å². The number of oxime groups is 1. The first kappa shape index (κ1) is 11.1. The Bertz CT molecular complexity index is 401. The summed E-state index contributed by atoms with van der Waals surface area (Å²) in [6.45, 7) is -0.634. The number of nitrogens with two attached hydrogens (primary N) is 1. The number of rotatable bonds is 5. The number of carbonyl (C=O) groups is 1. The number of aliphatic carboxylic acids is 1. The number of hydrogen-bond acceptors (Lipinski definition) is 7. The summed E-state index contributed by atoms with van der Waals surface area (Å²) < 4.78 is 0. The van der Waals surface area contributed by atoms with Crippen molar-refractivity contribution in [2.75, 3.05) is 12.3 Å². The Morgan fingerprint density at radius 1 is 1.80 bits per heavy atom. The maximum atomic E-state index is 10.4. The zero-order chi connectivity index (χ0) is 11.3. The Kier molecular flexibility index (Phi) is 3.75. The number of nitrogen functional groups attached to an aromatic ring is 1. The van der Waals surface area contributed by atoms with Gasteiger partial charge in [-0.15, -0.1) is 11.3 Å². The second kappa shape index (κ2) is 5.05. The van der Waals surface area contributed by atoms with Gasteiger partial charge in [0.05, 0.1) is 0 Å². The Morgan fingerprint density at radius 2 is 2.53 bits per heavy atom. The van der Waals surface area contributed by atoms with E-state index in [0.29, 0.717) is 0 Å². The molecular formula is C7H6N3O4S. The van der Waals surface area contributed by atoms with E-state index in [1.54, 1.807) is 0 Å². The quantitative estimate of drug-likeness (QED) is 0.525. The molecule has 1 aromatic heterocycles. The van der Waals surface area contributed by atoms with Crippen LogP contribution in [0.15, 0.2) is 10.5 Å². The number of aromatic nitrogens is 1. The molecule has 8 heteroatoms. The summed E-state index contributed by atoms with van der Waals surface area (Å²) in [6.07, 6.45) is 1.48. The highest BCUT2D eigenvalue weighted by Crippen LogP contribution is 2.11. The fourth-order valence-electron chi connectivity index (χ4n) is 0.666. The highest BCUT2D eigenvalue weighted by Gasteiger charge is 2.09. The van der Waals surface area contributed by atoms with Gasteiger partial charge in [0.25, 0.3) is 6.29 Å². The molecule has 0 aliphatic rings. The zero-order valence-corrected chi connectivity index (χ0v) is 8.15. The molecule has 1 rings (SSSR count). The Morgan fingerprint density at radius 3 is 3.00 bits per heavy atom. The largest absolute Gasteiger partial charge is 0.479 e. The fraction of sp³-hybridized carbons (Fsp3) is 0.143. The van der Waals surface area contributed by atoms with Crippen LogP contribution in [0.3, 0.4) is 0 Å². The summed E-state index contributed by atoms with van der Waals surface area (Å²) >= 11 is 1.12. The molecule has 0 aromatic carbocycles. The van der Waals surface area contributed by atoms with Crippen molar-refractivity contribution < 1.29 is 19.5 Å². The van der Waals surface area contributed by atoms with Crippen molar-refractivity contribution in [3.8, 4) is 0 Å². The van der Waals surface area contributed by atoms with Crippen LogP contribution in [0.2, 0.25) is 0 Å². The van der Waals surface area contributed by atoms with Gasteiger partial charge in [-0.2, -0.15) is 0 Å². The van der Waals surface area contributed by atoms with E-state index in [-0.39, 0.29) is 16.5 Å². The van der Waals surface area contributed by atoms with Crippen LogP contribution >= 0.6 is 11.3 Å². The number of carboxylic acid groups (broad SMARTS) is 1. The molecule has 1 aromatic rings. The number of anilines is 1. The second-order valence-corrected chi connectivity index (χ2v) is 3.17. The average molecular weight is 228 g/mol. The molecule has 1 radical (unpaired) electrons. The molecule has 0 fully saturated rings. The molecule has 1 heterocycles. The van der Waals surface area contributed by atoms with E-state index < -0.39 is 12.6 Å². The molecule has 15 heavy (non-hydrogen) atoms. The normalized spacial score (nSPS) is 11.1. The van der Waals surface area contributed by atoms with Crippen LogP contribution in [0.5, 0.6) is 0 Å². The van der Waals surface area contributed by atoms with Crippen LogP contribution in [0.25, 0.3) is 0 Å². The van der Waals surface area contributed by atoms with Crippen molar-refractivity contribution in [2.45, 2.75) is 0 Å². The molecule has 0 aliphatic heterocycles. The van der Waals surface area contributed by atoms with Gasteiger partial charge in [-0.1, -0.05) is 5.16 Å². The van der Waals surface area contributed by atoms with Crippen LogP contribution < -0.4 is 5.73 Å². The lowest BCUT2D eigenvalue weighted by Gasteiger charge is -1.94. The maximum absolute atomic E-state index is 10.4. The maximum Gasteiger partial charge on any atom is 0.344 e. The third-order valence-electron chi connectivity index (χ3n) is 1.21. The Labute approximate surface area is 88.2 Å². The predicted octanol–water partition coefficient (Wildman–Crippen LogP) is -0.360. The molecule has 0 unspecified atom stereocenters. The number of carbonyl (C=O) groups excluding carboxylic acids is 1. The first-order valence-electron chi connectivity index (χ1n) is 3.64. The van der Waals surface area contributed by atoms with Crippen LogP contribution in [0, 0.1) is 0 Å². The van der Waals surface area contributed by atoms with Crippen molar-refractivity contribution in [3.63, 3.8) is 0 Å². The Hall–Kier alpha value is -1.96. The molecule has 0 aliphatic carbocycles. The topological polar surface area (TPSA) is 115 Å². The van der Waals surface area contributed by atoms with Gasteiger partial charge in [-0.3, -0.25) is 4.79 Å². The van der Waals surface area contributed by atoms with Crippen LogP contribution in [-0.4, -0.2) is 34.7 Å². The lowest BCUT2D eigenvalue weighted by Crippen LogP contribution is -2.08. The first-order chi connectivity index (χ1) is 7.13.